The number of likely N-dealkylation sites (tertiary alicyclic amines) is 1. The van der Waals surface area contributed by atoms with Crippen molar-refractivity contribution in [3.05, 3.63) is 47.2 Å². The number of esters is 1. The summed E-state index contributed by atoms with van der Waals surface area (Å²) in [7, 11) is 2.16. The minimum absolute atomic E-state index is 0.217. The number of aromatic nitrogens is 1. The zero-order chi connectivity index (χ0) is 16.0. The Bertz CT molecular complexity index is 790. The summed E-state index contributed by atoms with van der Waals surface area (Å²) in [5.74, 6) is 0.229. The molecule has 1 aromatic carbocycles. The minimum atomic E-state index is -0.217. The fourth-order valence-corrected chi connectivity index (χ4v) is 4.28. The first-order chi connectivity index (χ1) is 11.2. The first kappa shape index (κ1) is 14.5. The Morgan fingerprint density at radius 1 is 1.43 bits per heavy atom. The number of carbonyl (C=O) groups excluding carboxylic acids is 1. The monoisotopic (exact) mass is 310 g/mol. The number of H-pyrrole nitrogens is 1. The number of hydrogen-bond acceptors (Lipinski definition) is 3. The number of carbonyl (C=O) groups is 1. The summed E-state index contributed by atoms with van der Waals surface area (Å²) in [5.41, 5.74) is 5.22. The number of rotatable bonds is 2. The molecule has 1 aliphatic carbocycles. The maximum Gasteiger partial charge on any atom is 0.330 e. The normalized spacial score (nSPS) is 25.6. The van der Waals surface area contributed by atoms with E-state index in [9.17, 15) is 4.79 Å². The molecule has 1 aliphatic heterocycles. The zero-order valence-corrected chi connectivity index (χ0v) is 13.6. The Kier molecular flexibility index (Phi) is 3.49. The van der Waals surface area contributed by atoms with E-state index in [1.165, 1.54) is 27.6 Å². The van der Waals surface area contributed by atoms with Gasteiger partial charge in [0.1, 0.15) is 0 Å². The lowest BCUT2D eigenvalue weighted by molar-refractivity contribution is -0.137. The summed E-state index contributed by atoms with van der Waals surface area (Å²) in [5, 5.41) is 1.39. The van der Waals surface area contributed by atoms with Crippen LogP contribution in [0.25, 0.3) is 10.9 Å². The lowest BCUT2D eigenvalue weighted by Gasteiger charge is -2.43. The molecular weight excluding hydrogens is 288 g/mol. The van der Waals surface area contributed by atoms with Gasteiger partial charge in [-0.2, -0.15) is 0 Å². The number of ether oxygens (including phenoxy) is 1. The highest BCUT2D eigenvalue weighted by Crippen LogP contribution is 2.44. The third kappa shape index (κ3) is 2.38. The van der Waals surface area contributed by atoms with Crippen LogP contribution in [0.5, 0.6) is 0 Å². The van der Waals surface area contributed by atoms with Crippen molar-refractivity contribution in [3.8, 4) is 0 Å². The number of nitrogens with one attached hydrogen (secondary N) is 1. The molecule has 2 atom stereocenters. The van der Waals surface area contributed by atoms with Gasteiger partial charge in [0.05, 0.1) is 6.61 Å². The maximum absolute atomic E-state index is 11.8. The quantitative estimate of drug-likeness (QED) is 0.685. The number of aromatic amines is 1. The molecule has 23 heavy (non-hydrogen) atoms. The molecule has 0 amide bonds. The molecule has 1 unspecified atom stereocenters. The van der Waals surface area contributed by atoms with Crippen molar-refractivity contribution in [3.63, 3.8) is 0 Å². The van der Waals surface area contributed by atoms with Crippen LogP contribution >= 0.6 is 0 Å². The van der Waals surface area contributed by atoms with E-state index >= 15 is 0 Å². The van der Waals surface area contributed by atoms with E-state index < -0.39 is 0 Å². The highest BCUT2D eigenvalue weighted by molar-refractivity contribution is 5.88. The third-order valence-corrected chi connectivity index (χ3v) is 5.22. The van der Waals surface area contributed by atoms with Gasteiger partial charge in [-0.25, -0.2) is 4.79 Å². The van der Waals surface area contributed by atoms with E-state index in [0.29, 0.717) is 18.6 Å². The van der Waals surface area contributed by atoms with E-state index in [2.05, 4.69) is 41.3 Å². The summed E-state index contributed by atoms with van der Waals surface area (Å²) >= 11 is 0. The first-order valence-electron chi connectivity index (χ1n) is 8.32. The van der Waals surface area contributed by atoms with Crippen LogP contribution in [-0.4, -0.2) is 42.1 Å². The standard InChI is InChI=1S/C19H22N2O2/c1-3-23-18(22)8-12-7-15-14-5-4-6-16-19(14)13(10-20-16)9-17(15)21(2)11-12/h4-6,8,10,15,17,20H,3,7,9,11H2,1-2H3/b12-8+/t15?,17-/m1/s1. The second-order valence-electron chi connectivity index (χ2n) is 6.64. The topological polar surface area (TPSA) is 45.3 Å². The molecule has 2 aliphatic rings. The molecule has 2 aromatic rings. The Balaban J connectivity index is 1.72. The van der Waals surface area contributed by atoms with Gasteiger partial charge in [-0.15, -0.1) is 0 Å². The van der Waals surface area contributed by atoms with Crippen LogP contribution < -0.4 is 0 Å². The van der Waals surface area contributed by atoms with Crippen LogP contribution in [0.4, 0.5) is 0 Å². The van der Waals surface area contributed by atoms with E-state index in [4.69, 9.17) is 4.74 Å². The highest BCUT2D eigenvalue weighted by Gasteiger charge is 2.37. The lowest BCUT2D eigenvalue weighted by Crippen LogP contribution is -2.45. The zero-order valence-electron chi connectivity index (χ0n) is 13.6. The van der Waals surface area contributed by atoms with E-state index in [0.717, 1.165) is 19.4 Å². The summed E-state index contributed by atoms with van der Waals surface area (Å²) in [6, 6.07) is 7.02. The van der Waals surface area contributed by atoms with Crippen LogP contribution in [0, 0.1) is 0 Å². The van der Waals surface area contributed by atoms with Gasteiger partial charge >= 0.3 is 5.97 Å². The number of benzene rings is 1. The van der Waals surface area contributed by atoms with E-state index in [1.54, 1.807) is 6.08 Å². The van der Waals surface area contributed by atoms with Crippen molar-refractivity contribution in [2.45, 2.75) is 31.7 Å². The molecule has 2 heterocycles. The predicted molar refractivity (Wildman–Crippen MR) is 90.5 cm³/mol. The predicted octanol–water partition coefficient (Wildman–Crippen LogP) is 3.00. The summed E-state index contributed by atoms with van der Waals surface area (Å²) in [4.78, 5) is 17.6. The molecular formula is C19H22N2O2. The largest absolute Gasteiger partial charge is 0.463 e. The fraction of sp³-hybridized carbons (Fsp3) is 0.421. The summed E-state index contributed by atoms with van der Waals surface area (Å²) < 4.78 is 5.08. The lowest BCUT2D eigenvalue weighted by atomic mass is 9.74. The molecule has 1 aromatic heterocycles. The Morgan fingerprint density at radius 3 is 3.13 bits per heavy atom. The van der Waals surface area contributed by atoms with Gasteiger partial charge in [0, 0.05) is 41.7 Å². The van der Waals surface area contributed by atoms with Crippen molar-refractivity contribution in [1.29, 1.82) is 0 Å². The summed E-state index contributed by atoms with van der Waals surface area (Å²) in [6.45, 7) is 3.11. The Morgan fingerprint density at radius 2 is 2.30 bits per heavy atom. The molecule has 1 fully saturated rings. The average Bonchev–Trinajstić information content (AvgIpc) is 2.93. The van der Waals surface area contributed by atoms with Gasteiger partial charge in [-0.05, 0) is 49.6 Å². The summed E-state index contributed by atoms with van der Waals surface area (Å²) in [6.07, 6.45) is 5.87. The Labute approximate surface area is 136 Å². The van der Waals surface area contributed by atoms with Gasteiger partial charge in [-0.1, -0.05) is 12.1 Å². The van der Waals surface area contributed by atoms with E-state index in [1.807, 2.05) is 6.92 Å². The first-order valence-corrected chi connectivity index (χ1v) is 8.32. The molecule has 0 spiro atoms. The molecule has 1 N–H and O–H groups in total. The minimum Gasteiger partial charge on any atom is -0.463 e. The average molecular weight is 310 g/mol. The molecule has 1 saturated heterocycles. The molecule has 4 rings (SSSR count). The van der Waals surface area contributed by atoms with Gasteiger partial charge in [0.15, 0.2) is 0 Å². The van der Waals surface area contributed by atoms with Gasteiger partial charge in [-0.3, -0.25) is 4.90 Å². The van der Waals surface area contributed by atoms with Crippen molar-refractivity contribution >= 4 is 16.9 Å². The fourth-order valence-electron chi connectivity index (χ4n) is 4.28. The molecule has 0 radical (unpaired) electrons. The second-order valence-corrected chi connectivity index (χ2v) is 6.64. The number of piperidine rings is 1. The van der Waals surface area contributed by atoms with Crippen LogP contribution in [0.3, 0.4) is 0 Å². The van der Waals surface area contributed by atoms with Crippen LogP contribution in [-0.2, 0) is 16.0 Å². The SMILES string of the molecule is CCOC(=O)/C=C1\CC2c3cccc4[nH]cc(c34)C[C@H]2N(C)C1. The number of likely N-dealkylation sites (N-methyl/N-ethyl adjacent to an activating group) is 1. The second kappa shape index (κ2) is 5.53. The van der Waals surface area contributed by atoms with Gasteiger partial charge in [0.2, 0.25) is 0 Å². The maximum atomic E-state index is 11.8. The number of nitrogens with zero attached hydrogens (tertiary/aromatic N) is 1. The van der Waals surface area contributed by atoms with Crippen molar-refractivity contribution in [2.75, 3.05) is 20.2 Å². The molecule has 4 nitrogen and oxygen atoms in total. The van der Waals surface area contributed by atoms with Crippen LogP contribution in [0.1, 0.15) is 30.4 Å². The smallest absolute Gasteiger partial charge is 0.330 e. The van der Waals surface area contributed by atoms with Crippen molar-refractivity contribution in [2.24, 2.45) is 0 Å². The molecule has 120 valence electrons. The number of fused-ring (bicyclic) bond motifs is 2. The third-order valence-electron chi connectivity index (χ3n) is 5.22. The molecule has 4 heteroatoms. The van der Waals surface area contributed by atoms with Crippen LogP contribution in [0.15, 0.2) is 36.0 Å². The number of hydrogen-bond donors (Lipinski definition) is 1. The van der Waals surface area contributed by atoms with Gasteiger partial charge < -0.3 is 9.72 Å². The molecule has 0 saturated carbocycles. The van der Waals surface area contributed by atoms with Crippen molar-refractivity contribution in [1.82, 2.24) is 9.88 Å². The molecule has 0 bridgehead atoms. The Hall–Kier alpha value is -2.07. The van der Waals surface area contributed by atoms with Gasteiger partial charge in [0.25, 0.3) is 0 Å². The van der Waals surface area contributed by atoms with Crippen LogP contribution in [0.2, 0.25) is 0 Å². The van der Waals surface area contributed by atoms with E-state index in [-0.39, 0.29) is 5.97 Å². The highest BCUT2D eigenvalue weighted by atomic mass is 16.5. The van der Waals surface area contributed by atoms with Crippen molar-refractivity contribution < 1.29 is 9.53 Å².